The van der Waals surface area contributed by atoms with Gasteiger partial charge < -0.3 is 10.8 Å². The first-order valence-electron chi connectivity index (χ1n) is 6.99. The number of hydrogen-bond donors (Lipinski definition) is 2. The highest BCUT2D eigenvalue weighted by molar-refractivity contribution is 5.78. The number of aromatic hydroxyl groups is 1. The fourth-order valence-corrected chi connectivity index (χ4v) is 2.57. The van der Waals surface area contributed by atoms with E-state index in [9.17, 15) is 5.11 Å². The molecule has 0 aliphatic heterocycles. The first-order valence-corrected chi connectivity index (χ1v) is 6.99. The van der Waals surface area contributed by atoms with Crippen LogP contribution in [-0.4, -0.2) is 5.11 Å². The van der Waals surface area contributed by atoms with Gasteiger partial charge in [-0.05, 0) is 35.6 Å². The smallest absolute Gasteiger partial charge is 0.124 e. The van der Waals surface area contributed by atoms with Crippen LogP contribution in [0.5, 0.6) is 5.75 Å². The molecule has 0 unspecified atom stereocenters. The molecule has 1 aliphatic carbocycles. The van der Waals surface area contributed by atoms with Crippen molar-refractivity contribution in [3.05, 3.63) is 81.9 Å². The molecule has 0 aromatic heterocycles. The zero-order chi connectivity index (χ0) is 15.5. The van der Waals surface area contributed by atoms with E-state index in [0.717, 1.165) is 21.7 Å². The minimum Gasteiger partial charge on any atom is -0.507 e. The molecule has 2 aromatic rings. The summed E-state index contributed by atoms with van der Waals surface area (Å²) in [6, 6.07) is 13.1. The van der Waals surface area contributed by atoms with E-state index in [1.54, 1.807) is 6.07 Å². The molecule has 0 radical (unpaired) electrons. The van der Waals surface area contributed by atoms with E-state index in [0.29, 0.717) is 17.5 Å². The van der Waals surface area contributed by atoms with E-state index in [-0.39, 0.29) is 5.75 Å². The Bertz CT molecular complexity index is 967. The maximum Gasteiger partial charge on any atom is 0.124 e. The number of hydrogen-bond acceptors (Lipinski definition) is 2. The molecule has 0 saturated heterocycles. The van der Waals surface area contributed by atoms with Gasteiger partial charge in [-0.2, -0.15) is 0 Å². The highest BCUT2D eigenvalue weighted by Gasteiger charge is 2.08. The average molecular weight is 285 g/mol. The van der Waals surface area contributed by atoms with Crippen molar-refractivity contribution in [2.75, 3.05) is 0 Å². The number of phenols is 1. The van der Waals surface area contributed by atoms with Crippen molar-refractivity contribution >= 4 is 11.3 Å². The Hall–Kier alpha value is -3.14. The Labute approximate surface area is 129 Å². The molecule has 2 nitrogen and oxygen atoms in total. The van der Waals surface area contributed by atoms with Gasteiger partial charge in [0, 0.05) is 34.0 Å². The molecule has 0 spiro atoms. The van der Waals surface area contributed by atoms with Crippen molar-refractivity contribution in [2.24, 2.45) is 5.73 Å². The maximum atomic E-state index is 10.3. The second kappa shape index (κ2) is 5.69. The van der Waals surface area contributed by atoms with Crippen molar-refractivity contribution in [1.29, 1.82) is 0 Å². The number of terminal acetylenes is 1. The van der Waals surface area contributed by atoms with E-state index in [2.05, 4.69) is 11.7 Å². The lowest BCUT2D eigenvalue weighted by atomic mass is 9.97. The minimum atomic E-state index is 0.150. The summed E-state index contributed by atoms with van der Waals surface area (Å²) in [5, 5.41) is 12.3. The van der Waals surface area contributed by atoms with Gasteiger partial charge in [-0.25, -0.2) is 0 Å². The molecule has 106 valence electrons. The normalized spacial score (nSPS) is 18.1. The second-order valence-electron chi connectivity index (χ2n) is 5.08. The minimum absolute atomic E-state index is 0.150. The highest BCUT2D eigenvalue weighted by Crippen LogP contribution is 2.25. The van der Waals surface area contributed by atoms with Gasteiger partial charge in [0.1, 0.15) is 5.75 Å². The second-order valence-corrected chi connectivity index (χ2v) is 5.08. The summed E-state index contributed by atoms with van der Waals surface area (Å²) in [6.45, 7) is 0. The van der Waals surface area contributed by atoms with Gasteiger partial charge in [-0.3, -0.25) is 0 Å². The fourth-order valence-electron chi connectivity index (χ4n) is 2.57. The summed E-state index contributed by atoms with van der Waals surface area (Å²) in [6.07, 6.45) is 9.79. The lowest BCUT2D eigenvalue weighted by Gasteiger charge is -2.09. The van der Waals surface area contributed by atoms with Crippen LogP contribution in [0.15, 0.2) is 60.3 Å². The highest BCUT2D eigenvalue weighted by atomic mass is 16.3. The Morgan fingerprint density at radius 2 is 1.91 bits per heavy atom. The van der Waals surface area contributed by atoms with E-state index in [4.69, 9.17) is 12.2 Å². The molecule has 3 rings (SSSR count). The summed E-state index contributed by atoms with van der Waals surface area (Å²) in [7, 11) is 0. The van der Waals surface area contributed by atoms with Crippen LogP contribution in [0, 0.1) is 12.3 Å². The molecule has 0 heterocycles. The van der Waals surface area contributed by atoms with Crippen LogP contribution in [0.25, 0.3) is 11.3 Å². The first-order chi connectivity index (χ1) is 10.7. The first kappa shape index (κ1) is 13.8. The standard InChI is InChI=1S/C20H15NO/c1-2-14-11-12-18(20(22)13-14)16-8-5-6-10-19(21)17-9-4-3-7-15(16)17/h1,3-4,6-9,11-13,22H,10,21H2/b16-15+,19-17+. The topological polar surface area (TPSA) is 46.2 Å². The number of rotatable bonds is 1. The van der Waals surface area contributed by atoms with Crippen molar-refractivity contribution in [1.82, 2.24) is 0 Å². The summed E-state index contributed by atoms with van der Waals surface area (Å²) in [5.41, 5.74) is 12.3. The number of benzene rings is 2. The van der Waals surface area contributed by atoms with Crippen LogP contribution in [-0.2, 0) is 0 Å². The van der Waals surface area contributed by atoms with Crippen molar-refractivity contribution in [3.63, 3.8) is 0 Å². The van der Waals surface area contributed by atoms with E-state index in [1.165, 1.54) is 0 Å². The van der Waals surface area contributed by atoms with Crippen molar-refractivity contribution < 1.29 is 5.11 Å². The van der Waals surface area contributed by atoms with Gasteiger partial charge in [0.15, 0.2) is 0 Å². The largest absolute Gasteiger partial charge is 0.507 e. The average Bonchev–Trinajstić information content (AvgIpc) is 2.54. The SMILES string of the molecule is C#Cc1ccc(/C2=c3\cccc\c3=C(/N)CC=C=C2)c(O)c1. The predicted octanol–water partition coefficient (Wildman–Crippen LogP) is 1.75. The summed E-state index contributed by atoms with van der Waals surface area (Å²) in [4.78, 5) is 0. The van der Waals surface area contributed by atoms with Gasteiger partial charge >= 0.3 is 0 Å². The van der Waals surface area contributed by atoms with Gasteiger partial charge in [-0.1, -0.05) is 30.2 Å². The molecule has 2 aromatic carbocycles. The molecular weight excluding hydrogens is 270 g/mol. The molecule has 0 fully saturated rings. The van der Waals surface area contributed by atoms with E-state index in [1.807, 2.05) is 48.6 Å². The molecule has 22 heavy (non-hydrogen) atoms. The van der Waals surface area contributed by atoms with Crippen LogP contribution in [0.4, 0.5) is 0 Å². The third kappa shape index (κ3) is 2.42. The van der Waals surface area contributed by atoms with Crippen molar-refractivity contribution in [3.8, 4) is 18.1 Å². The Morgan fingerprint density at radius 3 is 2.64 bits per heavy atom. The van der Waals surface area contributed by atoms with E-state index < -0.39 is 0 Å². The zero-order valence-electron chi connectivity index (χ0n) is 12.0. The zero-order valence-corrected chi connectivity index (χ0v) is 12.0. The Kier molecular flexibility index (Phi) is 3.58. The Morgan fingerprint density at radius 1 is 1.14 bits per heavy atom. The molecule has 0 bridgehead atoms. The Balaban J connectivity index is 2.43. The van der Waals surface area contributed by atoms with Crippen LogP contribution in [0.3, 0.4) is 0 Å². The third-order valence-electron chi connectivity index (χ3n) is 3.69. The van der Waals surface area contributed by atoms with Crippen LogP contribution in [0.2, 0.25) is 0 Å². The third-order valence-corrected chi connectivity index (χ3v) is 3.69. The number of fused-ring (bicyclic) bond motifs is 1. The van der Waals surface area contributed by atoms with Crippen LogP contribution >= 0.6 is 0 Å². The quantitative estimate of drug-likeness (QED) is 0.619. The van der Waals surface area contributed by atoms with Gasteiger partial charge in [0.2, 0.25) is 0 Å². The summed E-state index contributed by atoms with van der Waals surface area (Å²) >= 11 is 0. The lowest BCUT2D eigenvalue weighted by molar-refractivity contribution is 0.473. The lowest BCUT2D eigenvalue weighted by Crippen LogP contribution is -2.31. The van der Waals surface area contributed by atoms with Gasteiger partial charge in [0.25, 0.3) is 0 Å². The van der Waals surface area contributed by atoms with Crippen molar-refractivity contribution in [2.45, 2.75) is 6.42 Å². The monoisotopic (exact) mass is 285 g/mol. The number of phenolic OH excluding ortho intramolecular Hbond substituents is 1. The molecule has 2 heteroatoms. The van der Waals surface area contributed by atoms with Gasteiger partial charge in [0.05, 0.1) is 0 Å². The fraction of sp³-hybridized carbons (Fsp3) is 0.0500. The summed E-state index contributed by atoms with van der Waals surface area (Å²) < 4.78 is 0. The molecule has 3 N–H and O–H groups in total. The summed E-state index contributed by atoms with van der Waals surface area (Å²) in [5.74, 6) is 2.67. The molecule has 1 aliphatic rings. The van der Waals surface area contributed by atoms with Crippen LogP contribution in [0.1, 0.15) is 17.5 Å². The molecular formula is C20H15NO. The number of nitrogens with two attached hydrogens (primary N) is 1. The molecule has 0 amide bonds. The van der Waals surface area contributed by atoms with E-state index >= 15 is 0 Å². The van der Waals surface area contributed by atoms with Crippen LogP contribution < -0.4 is 16.2 Å². The molecule has 0 saturated carbocycles. The van der Waals surface area contributed by atoms with Gasteiger partial charge in [-0.15, -0.1) is 12.2 Å². The maximum absolute atomic E-state index is 10.3. The predicted molar refractivity (Wildman–Crippen MR) is 89.1 cm³/mol. The molecule has 0 atom stereocenters.